The average molecular weight is 337 g/mol. The molecule has 130 valence electrons. The summed E-state index contributed by atoms with van der Waals surface area (Å²) in [4.78, 5) is 21.0. The van der Waals surface area contributed by atoms with Crippen LogP contribution in [-0.2, 0) is 13.6 Å². The maximum atomic E-state index is 12.7. The van der Waals surface area contributed by atoms with Gasteiger partial charge in [0.05, 0.1) is 5.56 Å². The van der Waals surface area contributed by atoms with Gasteiger partial charge < -0.3 is 14.4 Å². The molecule has 6 heteroatoms. The van der Waals surface area contributed by atoms with E-state index in [-0.39, 0.29) is 5.91 Å². The van der Waals surface area contributed by atoms with Crippen molar-refractivity contribution in [2.75, 3.05) is 26.7 Å². The fourth-order valence-electron chi connectivity index (χ4n) is 3.48. The molecule has 1 fully saturated rings. The fraction of sp³-hybridized carbons (Fsp3) is 0.421. The van der Waals surface area contributed by atoms with Crippen molar-refractivity contribution in [1.82, 2.24) is 19.4 Å². The highest BCUT2D eigenvalue weighted by atomic mass is 16.2. The minimum Gasteiger partial charge on any atom is -0.345 e. The summed E-state index contributed by atoms with van der Waals surface area (Å²) in [7, 11) is 3.91. The topological polar surface area (TPSA) is 65.2 Å². The number of aryl methyl sites for hydroxylation is 1. The summed E-state index contributed by atoms with van der Waals surface area (Å²) < 4.78 is 1.74. The summed E-state index contributed by atoms with van der Waals surface area (Å²) in [6.07, 6.45) is 6.38. The maximum absolute atomic E-state index is 12.7. The molecular formula is C19H23N5O. The van der Waals surface area contributed by atoms with Crippen molar-refractivity contribution in [2.45, 2.75) is 13.0 Å². The zero-order chi connectivity index (χ0) is 17.8. The number of carbonyl (C=O) groups excluding carboxylic acids is 1. The Hall–Kier alpha value is -2.65. The highest BCUT2D eigenvalue weighted by Gasteiger charge is 2.29. The fourth-order valence-corrected chi connectivity index (χ4v) is 3.48. The van der Waals surface area contributed by atoms with Gasteiger partial charge in [-0.25, -0.2) is 0 Å². The van der Waals surface area contributed by atoms with E-state index in [1.54, 1.807) is 23.0 Å². The summed E-state index contributed by atoms with van der Waals surface area (Å²) >= 11 is 0. The number of carbonyl (C=O) groups is 1. The zero-order valence-electron chi connectivity index (χ0n) is 14.7. The Morgan fingerprint density at radius 1 is 1.52 bits per heavy atom. The molecule has 6 nitrogen and oxygen atoms in total. The summed E-state index contributed by atoms with van der Waals surface area (Å²) in [5.41, 5.74) is 2.31. The molecule has 3 rings (SSSR count). The van der Waals surface area contributed by atoms with E-state index in [0.717, 1.165) is 32.6 Å². The number of likely N-dealkylation sites (tertiary alicyclic amines) is 1. The number of hydrogen-bond acceptors (Lipinski definition) is 4. The van der Waals surface area contributed by atoms with E-state index < -0.39 is 0 Å². The molecule has 0 saturated carbocycles. The molecular weight excluding hydrogens is 314 g/mol. The van der Waals surface area contributed by atoms with Gasteiger partial charge in [0.1, 0.15) is 11.8 Å². The second kappa shape index (κ2) is 7.49. The van der Waals surface area contributed by atoms with Crippen LogP contribution < -0.4 is 0 Å². The molecule has 0 radical (unpaired) electrons. The number of nitrogens with zero attached hydrogens (tertiary/aromatic N) is 5. The molecule has 1 atom stereocenters. The van der Waals surface area contributed by atoms with Crippen LogP contribution in [0.1, 0.15) is 28.0 Å². The third-order valence-electron chi connectivity index (χ3n) is 4.67. The lowest BCUT2D eigenvalue weighted by atomic mass is 10.1. The van der Waals surface area contributed by atoms with E-state index in [4.69, 9.17) is 5.26 Å². The summed E-state index contributed by atoms with van der Waals surface area (Å²) in [6, 6.07) is 7.79. The maximum Gasteiger partial charge on any atom is 0.270 e. The molecule has 0 spiro atoms. The first-order valence-electron chi connectivity index (χ1n) is 8.50. The molecule has 0 bridgehead atoms. The van der Waals surface area contributed by atoms with Gasteiger partial charge >= 0.3 is 0 Å². The minimum atomic E-state index is 0.0152. The average Bonchev–Trinajstić information content (AvgIpc) is 3.21. The van der Waals surface area contributed by atoms with Crippen LogP contribution in [0.5, 0.6) is 0 Å². The number of aromatic nitrogens is 2. The molecule has 0 N–H and O–H groups in total. The largest absolute Gasteiger partial charge is 0.345 e. The Morgan fingerprint density at radius 3 is 3.04 bits per heavy atom. The van der Waals surface area contributed by atoms with E-state index in [2.05, 4.69) is 29.1 Å². The summed E-state index contributed by atoms with van der Waals surface area (Å²) in [5, 5.41) is 8.99. The van der Waals surface area contributed by atoms with Crippen LogP contribution >= 0.6 is 0 Å². The van der Waals surface area contributed by atoms with Crippen molar-refractivity contribution in [3.8, 4) is 6.07 Å². The van der Waals surface area contributed by atoms with Gasteiger partial charge in [0.2, 0.25) is 0 Å². The Morgan fingerprint density at radius 2 is 2.36 bits per heavy atom. The van der Waals surface area contributed by atoms with Gasteiger partial charge in [-0.05, 0) is 37.1 Å². The number of nitriles is 1. The monoisotopic (exact) mass is 337 g/mol. The van der Waals surface area contributed by atoms with Crippen LogP contribution in [0.2, 0.25) is 0 Å². The van der Waals surface area contributed by atoms with E-state index in [9.17, 15) is 4.79 Å². The zero-order valence-corrected chi connectivity index (χ0v) is 14.7. The normalized spacial score (nSPS) is 17.0. The van der Waals surface area contributed by atoms with Gasteiger partial charge in [-0.2, -0.15) is 5.26 Å². The molecule has 2 aromatic rings. The molecule has 1 unspecified atom stereocenters. The lowest BCUT2D eigenvalue weighted by Crippen LogP contribution is -2.32. The summed E-state index contributed by atoms with van der Waals surface area (Å²) in [6.45, 7) is 3.36. The SMILES string of the molecule is CN(Cc1cccnc1)CC1CCN(C(=O)c2cc(C#N)cn2C)C1. The first-order valence-corrected chi connectivity index (χ1v) is 8.50. The van der Waals surface area contributed by atoms with Gasteiger partial charge in [0, 0.05) is 51.8 Å². The Bertz CT molecular complexity index is 777. The number of rotatable bonds is 5. The lowest BCUT2D eigenvalue weighted by molar-refractivity contribution is 0.0774. The van der Waals surface area contributed by atoms with E-state index in [1.807, 2.05) is 24.2 Å². The second-order valence-electron chi connectivity index (χ2n) is 6.80. The Labute approximate surface area is 148 Å². The highest BCUT2D eigenvalue weighted by Crippen LogP contribution is 2.21. The van der Waals surface area contributed by atoms with Gasteiger partial charge in [0.15, 0.2) is 0 Å². The molecule has 3 heterocycles. The molecule has 1 amide bonds. The first-order chi connectivity index (χ1) is 12.1. The quantitative estimate of drug-likeness (QED) is 0.836. The molecule has 1 aliphatic heterocycles. The Kier molecular flexibility index (Phi) is 5.15. The predicted octanol–water partition coefficient (Wildman–Crippen LogP) is 1.89. The van der Waals surface area contributed by atoms with Crippen LogP contribution in [-0.4, -0.2) is 51.9 Å². The van der Waals surface area contributed by atoms with Crippen LogP contribution in [0, 0.1) is 17.2 Å². The van der Waals surface area contributed by atoms with Crippen molar-refractivity contribution in [3.05, 3.63) is 53.6 Å². The van der Waals surface area contributed by atoms with Crippen molar-refractivity contribution < 1.29 is 4.79 Å². The van der Waals surface area contributed by atoms with Crippen molar-refractivity contribution >= 4 is 5.91 Å². The van der Waals surface area contributed by atoms with Crippen molar-refractivity contribution in [3.63, 3.8) is 0 Å². The van der Waals surface area contributed by atoms with Crippen LogP contribution in [0.4, 0.5) is 0 Å². The van der Waals surface area contributed by atoms with Crippen LogP contribution in [0.15, 0.2) is 36.8 Å². The number of pyridine rings is 1. The van der Waals surface area contributed by atoms with Crippen molar-refractivity contribution in [1.29, 1.82) is 5.26 Å². The van der Waals surface area contributed by atoms with Gasteiger partial charge in [0.25, 0.3) is 5.91 Å². The second-order valence-corrected chi connectivity index (χ2v) is 6.80. The molecule has 1 saturated heterocycles. The predicted molar refractivity (Wildman–Crippen MR) is 94.7 cm³/mol. The molecule has 0 aromatic carbocycles. The van der Waals surface area contributed by atoms with Crippen LogP contribution in [0.3, 0.4) is 0 Å². The van der Waals surface area contributed by atoms with E-state index in [1.165, 1.54) is 5.56 Å². The number of amides is 1. The van der Waals surface area contributed by atoms with Crippen LogP contribution in [0.25, 0.3) is 0 Å². The molecule has 1 aliphatic rings. The van der Waals surface area contributed by atoms with E-state index >= 15 is 0 Å². The standard InChI is InChI=1S/C19H23N5O/c1-22(11-15-4-3-6-21-10-15)12-16-5-7-24(14-16)19(25)18-8-17(9-20)13-23(18)2/h3-4,6,8,10,13,16H,5,7,11-12,14H2,1-2H3. The van der Waals surface area contributed by atoms with Gasteiger partial charge in [-0.1, -0.05) is 6.07 Å². The van der Waals surface area contributed by atoms with E-state index in [0.29, 0.717) is 17.2 Å². The molecule has 2 aromatic heterocycles. The van der Waals surface area contributed by atoms with Gasteiger partial charge in [-0.3, -0.25) is 9.78 Å². The molecule has 25 heavy (non-hydrogen) atoms. The minimum absolute atomic E-state index is 0.0152. The lowest BCUT2D eigenvalue weighted by Gasteiger charge is -2.21. The van der Waals surface area contributed by atoms with Gasteiger partial charge in [-0.15, -0.1) is 0 Å². The van der Waals surface area contributed by atoms with Crippen molar-refractivity contribution in [2.24, 2.45) is 13.0 Å². The Balaban J connectivity index is 1.55. The smallest absolute Gasteiger partial charge is 0.270 e. The molecule has 0 aliphatic carbocycles. The third kappa shape index (κ3) is 4.06. The highest BCUT2D eigenvalue weighted by molar-refractivity contribution is 5.93. The number of hydrogen-bond donors (Lipinski definition) is 0. The third-order valence-corrected chi connectivity index (χ3v) is 4.67. The first kappa shape index (κ1) is 17.2. The summed E-state index contributed by atoms with van der Waals surface area (Å²) in [5.74, 6) is 0.489.